The molecule has 0 aromatic carbocycles. The van der Waals surface area contributed by atoms with Crippen molar-refractivity contribution in [3.05, 3.63) is 35.8 Å². The van der Waals surface area contributed by atoms with Crippen LogP contribution in [0.5, 0.6) is 0 Å². The Bertz CT molecular complexity index is 303. The smallest absolute Gasteiger partial charge is 0.0960 e. The van der Waals surface area contributed by atoms with Crippen molar-refractivity contribution in [2.45, 2.75) is 18.9 Å². The van der Waals surface area contributed by atoms with Crippen LogP contribution in [0, 0.1) is 0 Å². The van der Waals surface area contributed by atoms with Gasteiger partial charge in [-0.25, -0.2) is 0 Å². The maximum absolute atomic E-state index is 5.76. The second-order valence-corrected chi connectivity index (χ2v) is 4.47. The standard InChI is InChI=1S/C11H13IO2/c12-5-3-9-1-2-11(14-7-9)10-4-6-13-8-10/h1,4,6,8,11H,2-3,5,7H2/t11-/m1/s1. The van der Waals surface area contributed by atoms with Crippen LogP contribution in [-0.4, -0.2) is 11.0 Å². The van der Waals surface area contributed by atoms with Crippen LogP contribution in [0.25, 0.3) is 0 Å². The van der Waals surface area contributed by atoms with E-state index in [1.165, 1.54) is 10.0 Å². The predicted molar refractivity (Wildman–Crippen MR) is 63.6 cm³/mol. The molecule has 2 heterocycles. The second-order valence-electron chi connectivity index (χ2n) is 3.39. The first kappa shape index (κ1) is 10.2. The van der Waals surface area contributed by atoms with Gasteiger partial charge in [0.15, 0.2) is 0 Å². The van der Waals surface area contributed by atoms with Crippen molar-refractivity contribution in [2.75, 3.05) is 11.0 Å². The molecule has 76 valence electrons. The van der Waals surface area contributed by atoms with Gasteiger partial charge in [-0.05, 0) is 24.5 Å². The highest BCUT2D eigenvalue weighted by atomic mass is 127. The third-order valence-corrected chi connectivity index (χ3v) is 2.96. The number of rotatable bonds is 3. The Morgan fingerprint density at radius 1 is 1.50 bits per heavy atom. The van der Waals surface area contributed by atoms with E-state index in [-0.39, 0.29) is 6.10 Å². The van der Waals surface area contributed by atoms with E-state index in [0.29, 0.717) is 0 Å². The summed E-state index contributed by atoms with van der Waals surface area (Å²) < 4.78 is 12.0. The molecular weight excluding hydrogens is 291 g/mol. The molecule has 1 atom stereocenters. The molecule has 0 spiro atoms. The maximum Gasteiger partial charge on any atom is 0.0960 e. The normalized spacial score (nSPS) is 22.1. The highest BCUT2D eigenvalue weighted by Crippen LogP contribution is 2.28. The van der Waals surface area contributed by atoms with Crippen LogP contribution in [0.1, 0.15) is 24.5 Å². The van der Waals surface area contributed by atoms with E-state index in [2.05, 4.69) is 28.7 Å². The van der Waals surface area contributed by atoms with Gasteiger partial charge in [0.2, 0.25) is 0 Å². The van der Waals surface area contributed by atoms with Crippen LogP contribution in [0.2, 0.25) is 0 Å². The van der Waals surface area contributed by atoms with E-state index in [4.69, 9.17) is 9.15 Å². The SMILES string of the molecule is ICCC1=CC[C@H](c2ccoc2)OC1. The van der Waals surface area contributed by atoms with Gasteiger partial charge in [-0.2, -0.15) is 0 Å². The Balaban J connectivity index is 1.96. The fraction of sp³-hybridized carbons (Fsp3) is 0.455. The summed E-state index contributed by atoms with van der Waals surface area (Å²) in [6.45, 7) is 0.777. The highest BCUT2D eigenvalue weighted by molar-refractivity contribution is 14.1. The lowest BCUT2D eigenvalue weighted by molar-refractivity contribution is 0.0600. The third-order valence-electron chi connectivity index (χ3n) is 2.42. The molecule has 1 aromatic heterocycles. The van der Waals surface area contributed by atoms with Crippen molar-refractivity contribution in [2.24, 2.45) is 0 Å². The van der Waals surface area contributed by atoms with E-state index in [9.17, 15) is 0 Å². The Morgan fingerprint density at radius 2 is 2.43 bits per heavy atom. The average molecular weight is 304 g/mol. The Kier molecular flexibility index (Phi) is 3.64. The minimum absolute atomic E-state index is 0.201. The van der Waals surface area contributed by atoms with Crippen LogP contribution in [0.15, 0.2) is 34.7 Å². The minimum Gasteiger partial charge on any atom is -0.472 e. The monoisotopic (exact) mass is 304 g/mol. The maximum atomic E-state index is 5.76. The number of alkyl halides is 1. The molecule has 0 saturated heterocycles. The summed E-state index contributed by atoms with van der Waals surface area (Å²) in [5.74, 6) is 0. The molecule has 0 fully saturated rings. The molecule has 1 aromatic rings. The summed E-state index contributed by atoms with van der Waals surface area (Å²) in [6, 6.07) is 1.97. The van der Waals surface area contributed by atoms with Crippen molar-refractivity contribution in [1.82, 2.24) is 0 Å². The van der Waals surface area contributed by atoms with Gasteiger partial charge < -0.3 is 9.15 Å². The lowest BCUT2D eigenvalue weighted by Crippen LogP contribution is -2.11. The van der Waals surface area contributed by atoms with Crippen molar-refractivity contribution >= 4 is 22.6 Å². The van der Waals surface area contributed by atoms with Crippen LogP contribution >= 0.6 is 22.6 Å². The van der Waals surface area contributed by atoms with Gasteiger partial charge in [0.05, 0.1) is 25.2 Å². The molecule has 14 heavy (non-hydrogen) atoms. The summed E-state index contributed by atoms with van der Waals surface area (Å²) in [5, 5.41) is 0. The van der Waals surface area contributed by atoms with Crippen LogP contribution in [0.4, 0.5) is 0 Å². The van der Waals surface area contributed by atoms with Gasteiger partial charge in [-0.15, -0.1) is 0 Å². The fourth-order valence-electron chi connectivity index (χ4n) is 1.59. The zero-order valence-corrected chi connectivity index (χ0v) is 10.1. The molecule has 1 aliphatic rings. The number of hydrogen-bond acceptors (Lipinski definition) is 2. The zero-order valence-electron chi connectivity index (χ0n) is 7.91. The molecule has 0 unspecified atom stereocenters. The van der Waals surface area contributed by atoms with Crippen molar-refractivity contribution in [3.8, 4) is 0 Å². The number of halogens is 1. The van der Waals surface area contributed by atoms with E-state index >= 15 is 0 Å². The molecule has 0 saturated carbocycles. The van der Waals surface area contributed by atoms with Crippen LogP contribution in [0.3, 0.4) is 0 Å². The van der Waals surface area contributed by atoms with Gasteiger partial charge in [0.1, 0.15) is 0 Å². The summed E-state index contributed by atoms with van der Waals surface area (Å²) >= 11 is 2.39. The summed E-state index contributed by atoms with van der Waals surface area (Å²) in [6.07, 6.45) is 8.10. The molecule has 0 amide bonds. The zero-order chi connectivity index (χ0) is 9.80. The molecule has 0 bridgehead atoms. The molecule has 2 rings (SSSR count). The van der Waals surface area contributed by atoms with Gasteiger partial charge in [0, 0.05) is 9.99 Å². The first-order valence-corrected chi connectivity index (χ1v) is 6.30. The number of furan rings is 1. The van der Waals surface area contributed by atoms with Crippen molar-refractivity contribution < 1.29 is 9.15 Å². The second kappa shape index (κ2) is 4.98. The van der Waals surface area contributed by atoms with Crippen LogP contribution < -0.4 is 0 Å². The largest absolute Gasteiger partial charge is 0.472 e. The summed E-state index contributed by atoms with van der Waals surface area (Å²) in [5.41, 5.74) is 2.58. The van der Waals surface area contributed by atoms with Gasteiger partial charge in [-0.1, -0.05) is 28.7 Å². The topological polar surface area (TPSA) is 22.4 Å². The Morgan fingerprint density at radius 3 is 3.00 bits per heavy atom. The summed E-state index contributed by atoms with van der Waals surface area (Å²) in [7, 11) is 0. The average Bonchev–Trinajstić information content (AvgIpc) is 2.72. The molecule has 1 aliphatic heterocycles. The minimum atomic E-state index is 0.201. The Labute approximate surface area is 97.5 Å². The van der Waals surface area contributed by atoms with E-state index < -0.39 is 0 Å². The molecule has 0 N–H and O–H groups in total. The fourth-order valence-corrected chi connectivity index (χ4v) is 2.29. The first-order valence-electron chi connectivity index (χ1n) is 4.77. The molecule has 0 radical (unpaired) electrons. The van der Waals surface area contributed by atoms with Gasteiger partial charge >= 0.3 is 0 Å². The predicted octanol–water partition coefficient (Wildman–Crippen LogP) is 3.49. The molecule has 0 aliphatic carbocycles. The summed E-state index contributed by atoms with van der Waals surface area (Å²) in [4.78, 5) is 0. The number of hydrogen-bond donors (Lipinski definition) is 0. The number of ether oxygens (including phenoxy) is 1. The van der Waals surface area contributed by atoms with Crippen molar-refractivity contribution in [3.63, 3.8) is 0 Å². The first-order chi connectivity index (χ1) is 6.90. The molecule has 3 heteroatoms. The lowest BCUT2D eigenvalue weighted by atomic mass is 10.0. The quantitative estimate of drug-likeness (QED) is 0.484. The molecule has 2 nitrogen and oxygen atoms in total. The highest BCUT2D eigenvalue weighted by Gasteiger charge is 2.16. The van der Waals surface area contributed by atoms with E-state index in [1.807, 2.05) is 6.07 Å². The molecular formula is C11H13IO2. The van der Waals surface area contributed by atoms with E-state index in [1.54, 1.807) is 12.5 Å². The van der Waals surface area contributed by atoms with E-state index in [0.717, 1.165) is 25.0 Å². The Hall–Kier alpha value is -0.290. The third kappa shape index (κ3) is 2.39. The lowest BCUT2D eigenvalue weighted by Gasteiger charge is -2.21. The van der Waals surface area contributed by atoms with Gasteiger partial charge in [0.25, 0.3) is 0 Å². The van der Waals surface area contributed by atoms with Gasteiger partial charge in [-0.3, -0.25) is 0 Å². The van der Waals surface area contributed by atoms with Crippen LogP contribution in [-0.2, 0) is 4.74 Å². The van der Waals surface area contributed by atoms with Crippen molar-refractivity contribution in [1.29, 1.82) is 0 Å².